The number of hydrogen-bond donors (Lipinski definition) is 1. The van der Waals surface area contributed by atoms with Gasteiger partial charge >= 0.3 is 0 Å². The Hall–Kier alpha value is -2.10. The van der Waals surface area contributed by atoms with Gasteiger partial charge in [0.05, 0.1) is 5.02 Å². The van der Waals surface area contributed by atoms with Crippen LogP contribution in [0.4, 0.5) is 5.82 Å². The third kappa shape index (κ3) is 4.18. The summed E-state index contributed by atoms with van der Waals surface area (Å²) in [6.45, 7) is 2.90. The smallest absolute Gasteiger partial charge is 0.266 e. The van der Waals surface area contributed by atoms with Crippen LogP contribution in [0.25, 0.3) is 0 Å². The molecule has 1 aromatic rings. The Bertz CT molecular complexity index is 570. The van der Waals surface area contributed by atoms with Crippen molar-refractivity contribution in [1.82, 2.24) is 14.8 Å². The van der Waals surface area contributed by atoms with Crippen LogP contribution in [0.15, 0.2) is 30.1 Å². The van der Waals surface area contributed by atoms with Crippen LogP contribution in [0.3, 0.4) is 0 Å². The summed E-state index contributed by atoms with van der Waals surface area (Å²) < 4.78 is 0. The van der Waals surface area contributed by atoms with Gasteiger partial charge in [-0.15, -0.1) is 0 Å². The van der Waals surface area contributed by atoms with Crippen molar-refractivity contribution in [1.29, 1.82) is 5.26 Å². The van der Waals surface area contributed by atoms with Gasteiger partial charge in [0.1, 0.15) is 17.5 Å². The first-order valence-electron chi connectivity index (χ1n) is 6.56. The van der Waals surface area contributed by atoms with E-state index in [2.05, 4.69) is 15.2 Å². The summed E-state index contributed by atoms with van der Waals surface area (Å²) in [5, 5.41) is 12.5. The lowest BCUT2D eigenvalue weighted by Gasteiger charge is -2.32. The van der Waals surface area contributed by atoms with E-state index < -0.39 is 0 Å². The number of anilines is 1. The number of nitriles is 1. The van der Waals surface area contributed by atoms with Gasteiger partial charge in [-0.25, -0.2) is 4.98 Å². The van der Waals surface area contributed by atoms with Crippen molar-refractivity contribution in [3.63, 3.8) is 0 Å². The van der Waals surface area contributed by atoms with Gasteiger partial charge in [0.2, 0.25) is 0 Å². The first-order valence-corrected chi connectivity index (χ1v) is 6.94. The van der Waals surface area contributed by atoms with Crippen LogP contribution in [0, 0.1) is 11.3 Å². The molecule has 0 radical (unpaired) electrons. The fourth-order valence-electron chi connectivity index (χ4n) is 1.93. The van der Waals surface area contributed by atoms with Gasteiger partial charge in [0.15, 0.2) is 0 Å². The van der Waals surface area contributed by atoms with E-state index in [9.17, 15) is 4.79 Å². The molecule has 0 aromatic carbocycles. The minimum Gasteiger partial charge on any atom is -0.345 e. The summed E-state index contributed by atoms with van der Waals surface area (Å²) in [5.74, 6) is 0.269. The maximum atomic E-state index is 12.2. The van der Waals surface area contributed by atoms with Crippen molar-refractivity contribution in [2.24, 2.45) is 0 Å². The SMILES string of the molecule is CN1CCN(C(=O)/C(C#N)=C\Nc2ccc(Cl)cn2)CC1. The Morgan fingerprint density at radius 2 is 2.14 bits per heavy atom. The Morgan fingerprint density at radius 1 is 1.43 bits per heavy atom. The molecule has 0 atom stereocenters. The Balaban J connectivity index is 2.01. The molecule has 1 amide bonds. The Kier molecular flexibility index (Phi) is 5.14. The molecular formula is C14H16ClN5O. The Morgan fingerprint density at radius 3 is 2.71 bits per heavy atom. The highest BCUT2D eigenvalue weighted by Crippen LogP contribution is 2.11. The molecule has 0 bridgehead atoms. The van der Waals surface area contributed by atoms with Crippen LogP contribution in [-0.2, 0) is 4.79 Å². The van der Waals surface area contributed by atoms with Gasteiger partial charge in [0.25, 0.3) is 5.91 Å². The van der Waals surface area contributed by atoms with E-state index in [1.54, 1.807) is 17.0 Å². The summed E-state index contributed by atoms with van der Waals surface area (Å²) in [6, 6.07) is 5.29. The summed E-state index contributed by atoms with van der Waals surface area (Å²) in [7, 11) is 2.01. The topological polar surface area (TPSA) is 72.3 Å². The fourth-order valence-corrected chi connectivity index (χ4v) is 2.04. The van der Waals surface area contributed by atoms with Crippen LogP contribution in [0.2, 0.25) is 5.02 Å². The number of amides is 1. The van der Waals surface area contributed by atoms with E-state index in [0.717, 1.165) is 13.1 Å². The van der Waals surface area contributed by atoms with Crippen molar-refractivity contribution in [2.45, 2.75) is 0 Å². The minimum atomic E-state index is -0.257. The summed E-state index contributed by atoms with van der Waals surface area (Å²) in [4.78, 5) is 20.1. The molecule has 2 rings (SSSR count). The largest absolute Gasteiger partial charge is 0.345 e. The molecule has 110 valence electrons. The van der Waals surface area contributed by atoms with E-state index in [1.165, 1.54) is 12.4 Å². The molecule has 1 aromatic heterocycles. The molecule has 1 N–H and O–H groups in total. The first-order chi connectivity index (χ1) is 10.1. The highest BCUT2D eigenvalue weighted by molar-refractivity contribution is 6.30. The lowest BCUT2D eigenvalue weighted by molar-refractivity contribution is -0.128. The predicted octanol–water partition coefficient (Wildman–Crippen LogP) is 1.33. The second-order valence-corrected chi connectivity index (χ2v) is 5.21. The number of nitrogens with one attached hydrogen (secondary N) is 1. The molecule has 0 unspecified atom stereocenters. The summed E-state index contributed by atoms with van der Waals surface area (Å²) in [5.41, 5.74) is 0.0660. The number of nitrogens with zero attached hydrogens (tertiary/aromatic N) is 4. The molecule has 0 spiro atoms. The van der Waals surface area contributed by atoms with E-state index in [-0.39, 0.29) is 11.5 Å². The molecule has 1 saturated heterocycles. The third-order valence-corrected chi connectivity index (χ3v) is 3.46. The van der Waals surface area contributed by atoms with Crippen LogP contribution in [-0.4, -0.2) is 53.9 Å². The zero-order chi connectivity index (χ0) is 15.2. The first kappa shape index (κ1) is 15.3. The minimum absolute atomic E-state index is 0.0660. The average Bonchev–Trinajstić information content (AvgIpc) is 2.50. The zero-order valence-corrected chi connectivity index (χ0v) is 12.5. The molecule has 7 heteroatoms. The average molecular weight is 306 g/mol. The van der Waals surface area contributed by atoms with Gasteiger partial charge in [-0.3, -0.25) is 4.79 Å². The van der Waals surface area contributed by atoms with Gasteiger partial charge < -0.3 is 15.1 Å². The van der Waals surface area contributed by atoms with Gasteiger partial charge in [-0.2, -0.15) is 5.26 Å². The Labute approximate surface area is 128 Å². The van der Waals surface area contributed by atoms with Crippen LogP contribution in [0.1, 0.15) is 0 Å². The standard InChI is InChI=1S/C14H16ClN5O/c1-19-4-6-20(7-5-19)14(21)11(8-16)9-17-13-3-2-12(15)10-18-13/h2-3,9-10H,4-7H2,1H3,(H,17,18)/b11-9-. The molecule has 21 heavy (non-hydrogen) atoms. The number of rotatable bonds is 3. The molecule has 1 aliphatic heterocycles. The molecule has 0 aliphatic carbocycles. The molecule has 1 fully saturated rings. The normalized spacial score (nSPS) is 16.4. The number of halogens is 1. The van der Waals surface area contributed by atoms with Crippen molar-refractivity contribution in [3.8, 4) is 6.07 Å². The molecule has 0 saturated carbocycles. The number of hydrogen-bond acceptors (Lipinski definition) is 5. The van der Waals surface area contributed by atoms with E-state index in [0.29, 0.717) is 23.9 Å². The van der Waals surface area contributed by atoms with Crippen molar-refractivity contribution >= 4 is 23.3 Å². The zero-order valence-electron chi connectivity index (χ0n) is 11.7. The van der Waals surface area contributed by atoms with Crippen LogP contribution in [0.5, 0.6) is 0 Å². The molecular weight excluding hydrogens is 290 g/mol. The van der Waals surface area contributed by atoms with Gasteiger partial charge in [-0.05, 0) is 19.2 Å². The van der Waals surface area contributed by atoms with E-state index in [4.69, 9.17) is 16.9 Å². The quantitative estimate of drug-likeness (QED) is 0.674. The number of carbonyl (C=O) groups is 1. The van der Waals surface area contributed by atoms with Crippen LogP contribution >= 0.6 is 11.6 Å². The summed E-state index contributed by atoms with van der Waals surface area (Å²) >= 11 is 5.74. The van der Waals surface area contributed by atoms with Crippen molar-refractivity contribution in [2.75, 3.05) is 38.5 Å². The second kappa shape index (κ2) is 7.07. The van der Waals surface area contributed by atoms with Crippen LogP contribution < -0.4 is 5.32 Å². The molecule has 6 nitrogen and oxygen atoms in total. The van der Waals surface area contributed by atoms with E-state index in [1.807, 2.05) is 13.1 Å². The molecule has 1 aliphatic rings. The number of aromatic nitrogens is 1. The number of piperazine rings is 1. The lowest BCUT2D eigenvalue weighted by Crippen LogP contribution is -2.47. The lowest BCUT2D eigenvalue weighted by atomic mass is 10.2. The van der Waals surface area contributed by atoms with Gasteiger partial charge in [-0.1, -0.05) is 11.6 Å². The van der Waals surface area contributed by atoms with Gasteiger partial charge in [0, 0.05) is 38.6 Å². The second-order valence-electron chi connectivity index (χ2n) is 4.77. The summed E-state index contributed by atoms with van der Waals surface area (Å²) in [6.07, 6.45) is 2.88. The maximum absolute atomic E-state index is 12.2. The fraction of sp³-hybridized carbons (Fsp3) is 0.357. The van der Waals surface area contributed by atoms with E-state index >= 15 is 0 Å². The maximum Gasteiger partial charge on any atom is 0.266 e. The third-order valence-electron chi connectivity index (χ3n) is 3.23. The number of likely N-dealkylation sites (N-methyl/N-ethyl adjacent to an activating group) is 1. The monoisotopic (exact) mass is 305 g/mol. The predicted molar refractivity (Wildman–Crippen MR) is 80.6 cm³/mol. The van der Waals surface area contributed by atoms with Crippen molar-refractivity contribution in [3.05, 3.63) is 35.1 Å². The number of carbonyl (C=O) groups excluding carboxylic acids is 1. The highest BCUT2D eigenvalue weighted by Gasteiger charge is 2.22. The molecule has 2 heterocycles. The van der Waals surface area contributed by atoms with Crippen molar-refractivity contribution < 1.29 is 4.79 Å². The number of pyridine rings is 1. The highest BCUT2D eigenvalue weighted by atomic mass is 35.5.